The summed E-state index contributed by atoms with van der Waals surface area (Å²) in [7, 11) is 0. The Morgan fingerprint density at radius 3 is 2.71 bits per heavy atom. The number of nitrogens with zero attached hydrogens (tertiary/aromatic N) is 4. The maximum Gasteiger partial charge on any atom is 0.280 e. The van der Waals surface area contributed by atoms with Crippen LogP contribution in [0.1, 0.15) is 42.2 Å². The Hall–Kier alpha value is -2.96. The van der Waals surface area contributed by atoms with Crippen LogP contribution in [0.4, 0.5) is 11.8 Å². The highest BCUT2D eigenvalue weighted by Crippen LogP contribution is 2.35. The number of fused-ring (bicyclic) bond motifs is 1. The van der Waals surface area contributed by atoms with Crippen molar-refractivity contribution < 1.29 is 4.79 Å². The normalized spacial score (nSPS) is 15.0. The third-order valence-corrected chi connectivity index (χ3v) is 4.45. The summed E-state index contributed by atoms with van der Waals surface area (Å²) in [4.78, 5) is 25.1. The van der Waals surface area contributed by atoms with Gasteiger partial charge in [0, 0.05) is 18.4 Å². The number of benzene rings is 1. The SMILES string of the molecule is Nc1nccnc1C(=O)Nc1nc2ccccc2n1C1CCCC1. The molecule has 0 atom stereocenters. The molecule has 0 aliphatic heterocycles. The van der Waals surface area contributed by atoms with Crippen LogP contribution in [0.25, 0.3) is 11.0 Å². The second kappa shape index (κ2) is 5.92. The molecule has 0 spiro atoms. The van der Waals surface area contributed by atoms with Gasteiger partial charge in [-0.15, -0.1) is 0 Å². The van der Waals surface area contributed by atoms with Crippen LogP contribution in [-0.2, 0) is 0 Å². The van der Waals surface area contributed by atoms with E-state index in [0.29, 0.717) is 12.0 Å². The van der Waals surface area contributed by atoms with Crippen molar-refractivity contribution >= 4 is 28.7 Å². The molecule has 0 saturated heterocycles. The Kier molecular flexibility index (Phi) is 3.60. The van der Waals surface area contributed by atoms with E-state index in [2.05, 4.69) is 24.8 Å². The molecule has 1 saturated carbocycles. The smallest absolute Gasteiger partial charge is 0.280 e. The first-order valence-electron chi connectivity index (χ1n) is 8.09. The number of hydrogen-bond acceptors (Lipinski definition) is 5. The molecule has 1 fully saturated rings. The highest BCUT2D eigenvalue weighted by Gasteiger charge is 2.24. The summed E-state index contributed by atoms with van der Waals surface area (Å²) >= 11 is 0. The number of nitrogens with two attached hydrogens (primary N) is 1. The number of carbonyl (C=O) groups is 1. The van der Waals surface area contributed by atoms with Gasteiger partial charge in [0.05, 0.1) is 11.0 Å². The molecule has 0 bridgehead atoms. The van der Waals surface area contributed by atoms with E-state index in [1.54, 1.807) is 0 Å². The number of anilines is 2. The van der Waals surface area contributed by atoms with Crippen molar-refractivity contribution in [3.8, 4) is 0 Å². The fourth-order valence-electron chi connectivity index (χ4n) is 3.35. The minimum atomic E-state index is -0.393. The Balaban J connectivity index is 1.75. The Morgan fingerprint density at radius 2 is 1.92 bits per heavy atom. The fourth-order valence-corrected chi connectivity index (χ4v) is 3.35. The molecular formula is C17H18N6O. The molecule has 2 aromatic heterocycles. The van der Waals surface area contributed by atoms with Gasteiger partial charge in [0.25, 0.3) is 5.91 Å². The van der Waals surface area contributed by atoms with Crippen LogP contribution >= 0.6 is 0 Å². The molecule has 0 radical (unpaired) electrons. The largest absolute Gasteiger partial charge is 0.382 e. The molecule has 2 heterocycles. The zero-order valence-corrected chi connectivity index (χ0v) is 13.1. The van der Waals surface area contributed by atoms with Crippen molar-refractivity contribution in [1.82, 2.24) is 19.5 Å². The molecule has 3 N–H and O–H groups in total. The van der Waals surface area contributed by atoms with E-state index in [1.807, 2.05) is 24.3 Å². The third kappa shape index (κ3) is 2.47. The standard InChI is InChI=1S/C17H18N6O/c18-15-14(19-9-10-20-15)16(24)22-17-21-12-7-3-4-8-13(12)23(17)11-5-1-2-6-11/h3-4,7-11H,1-2,5-6H2,(H2,18,20)(H,21,22,24). The maximum absolute atomic E-state index is 12.5. The molecule has 4 rings (SSSR count). The molecule has 1 aliphatic carbocycles. The molecule has 1 aromatic carbocycles. The Labute approximate surface area is 138 Å². The van der Waals surface area contributed by atoms with E-state index >= 15 is 0 Å². The molecule has 1 amide bonds. The lowest BCUT2D eigenvalue weighted by molar-refractivity contribution is 0.102. The highest BCUT2D eigenvalue weighted by molar-refractivity contribution is 6.05. The molecule has 24 heavy (non-hydrogen) atoms. The predicted octanol–water partition coefficient (Wildman–Crippen LogP) is 2.78. The minimum absolute atomic E-state index is 0.110. The molecule has 0 unspecified atom stereocenters. The number of nitrogens with one attached hydrogen (secondary N) is 1. The van der Waals surface area contributed by atoms with E-state index in [4.69, 9.17) is 5.73 Å². The van der Waals surface area contributed by atoms with Crippen molar-refractivity contribution in [3.05, 3.63) is 42.4 Å². The van der Waals surface area contributed by atoms with E-state index in [9.17, 15) is 4.79 Å². The molecule has 122 valence electrons. The fraction of sp³-hybridized carbons (Fsp3) is 0.294. The predicted molar refractivity (Wildman–Crippen MR) is 91.6 cm³/mol. The number of amides is 1. The summed E-state index contributed by atoms with van der Waals surface area (Å²) in [6.07, 6.45) is 7.49. The molecule has 7 nitrogen and oxygen atoms in total. The molecule has 7 heteroatoms. The van der Waals surface area contributed by atoms with Gasteiger partial charge in [-0.1, -0.05) is 25.0 Å². The summed E-state index contributed by atoms with van der Waals surface area (Å²) in [5.74, 6) is 0.256. The van der Waals surface area contributed by atoms with Gasteiger partial charge in [0.2, 0.25) is 5.95 Å². The summed E-state index contributed by atoms with van der Waals surface area (Å²) in [5, 5.41) is 2.86. The van der Waals surface area contributed by atoms with Gasteiger partial charge >= 0.3 is 0 Å². The van der Waals surface area contributed by atoms with Crippen LogP contribution in [-0.4, -0.2) is 25.4 Å². The summed E-state index contributed by atoms with van der Waals surface area (Å²) in [6, 6.07) is 8.27. The van der Waals surface area contributed by atoms with Crippen molar-refractivity contribution in [3.63, 3.8) is 0 Å². The number of hydrogen-bond donors (Lipinski definition) is 2. The topological polar surface area (TPSA) is 98.7 Å². The molecule has 3 aromatic rings. The van der Waals surface area contributed by atoms with Gasteiger partial charge in [0.15, 0.2) is 11.5 Å². The summed E-state index contributed by atoms with van der Waals surface area (Å²) in [6.45, 7) is 0. The van der Waals surface area contributed by atoms with Crippen molar-refractivity contribution in [2.24, 2.45) is 0 Å². The number of carbonyl (C=O) groups excluding carboxylic acids is 1. The van der Waals surface area contributed by atoms with E-state index in [-0.39, 0.29) is 11.5 Å². The third-order valence-electron chi connectivity index (χ3n) is 4.45. The lowest BCUT2D eigenvalue weighted by Gasteiger charge is -2.16. The number of para-hydroxylation sites is 2. The van der Waals surface area contributed by atoms with Gasteiger partial charge in [-0.25, -0.2) is 15.0 Å². The number of imidazole rings is 1. The van der Waals surface area contributed by atoms with Crippen molar-refractivity contribution in [1.29, 1.82) is 0 Å². The van der Waals surface area contributed by atoms with Gasteiger partial charge in [-0.2, -0.15) is 0 Å². The second-order valence-electron chi connectivity index (χ2n) is 5.98. The number of rotatable bonds is 3. The highest BCUT2D eigenvalue weighted by atomic mass is 16.2. The Bertz CT molecular complexity index is 897. The van der Waals surface area contributed by atoms with Crippen LogP contribution in [0, 0.1) is 0 Å². The van der Waals surface area contributed by atoms with Crippen LogP contribution in [0.2, 0.25) is 0 Å². The lowest BCUT2D eigenvalue weighted by atomic mass is 10.2. The average Bonchev–Trinajstić information content (AvgIpc) is 3.21. The van der Waals surface area contributed by atoms with Gasteiger partial charge in [-0.05, 0) is 25.0 Å². The number of aromatic nitrogens is 4. The van der Waals surface area contributed by atoms with Crippen LogP contribution in [0.3, 0.4) is 0 Å². The van der Waals surface area contributed by atoms with Gasteiger partial charge in [0.1, 0.15) is 0 Å². The number of nitrogen functional groups attached to an aromatic ring is 1. The summed E-state index contributed by atoms with van der Waals surface area (Å²) < 4.78 is 2.13. The van der Waals surface area contributed by atoms with Crippen LogP contribution in [0.5, 0.6) is 0 Å². The first-order valence-corrected chi connectivity index (χ1v) is 8.09. The minimum Gasteiger partial charge on any atom is -0.382 e. The quantitative estimate of drug-likeness (QED) is 0.772. The van der Waals surface area contributed by atoms with E-state index in [1.165, 1.54) is 25.2 Å². The zero-order chi connectivity index (χ0) is 16.5. The molecular weight excluding hydrogens is 304 g/mol. The lowest BCUT2D eigenvalue weighted by Crippen LogP contribution is -2.20. The van der Waals surface area contributed by atoms with E-state index in [0.717, 1.165) is 23.9 Å². The maximum atomic E-state index is 12.5. The molecule has 1 aliphatic rings. The van der Waals surface area contributed by atoms with E-state index < -0.39 is 5.91 Å². The van der Waals surface area contributed by atoms with Gasteiger partial charge in [-0.3, -0.25) is 10.1 Å². The van der Waals surface area contributed by atoms with Crippen LogP contribution < -0.4 is 11.1 Å². The van der Waals surface area contributed by atoms with Crippen molar-refractivity contribution in [2.45, 2.75) is 31.7 Å². The second-order valence-corrected chi connectivity index (χ2v) is 5.98. The average molecular weight is 322 g/mol. The zero-order valence-electron chi connectivity index (χ0n) is 13.1. The van der Waals surface area contributed by atoms with Crippen LogP contribution in [0.15, 0.2) is 36.7 Å². The Morgan fingerprint density at radius 1 is 1.17 bits per heavy atom. The summed E-state index contributed by atoms with van der Waals surface area (Å²) in [5.41, 5.74) is 7.76. The van der Waals surface area contributed by atoms with Crippen molar-refractivity contribution in [2.75, 3.05) is 11.1 Å². The first kappa shape index (κ1) is 14.6. The first-order chi connectivity index (χ1) is 11.7. The van der Waals surface area contributed by atoms with Gasteiger partial charge < -0.3 is 10.3 Å². The monoisotopic (exact) mass is 322 g/mol.